The minimum atomic E-state index is -0.501. The van der Waals surface area contributed by atoms with Crippen LogP contribution in [0, 0.1) is 5.92 Å². The predicted octanol–water partition coefficient (Wildman–Crippen LogP) is 0.245. The monoisotopic (exact) mass is 215 g/mol. The highest BCUT2D eigenvalue weighted by atomic mass is 32.1. The molecule has 0 radical (unpaired) electrons. The van der Waals surface area contributed by atoms with Gasteiger partial charge in [-0.1, -0.05) is 23.4 Å². The molecule has 0 aromatic carbocycles. The summed E-state index contributed by atoms with van der Waals surface area (Å²) < 4.78 is 3.52. The Balaban J connectivity index is 2.42. The average Bonchev–Trinajstić information content (AvgIpc) is 2.55. The molecule has 0 aliphatic heterocycles. The van der Waals surface area contributed by atoms with E-state index in [1.807, 2.05) is 13.8 Å². The highest BCUT2D eigenvalue weighted by molar-refractivity contribution is 7.09. The summed E-state index contributed by atoms with van der Waals surface area (Å²) in [5.41, 5.74) is 5.66. The van der Waals surface area contributed by atoms with Gasteiger partial charge in [-0.2, -0.15) is 0 Å². The number of hydrogen-bond donors (Lipinski definition) is 2. The van der Waals surface area contributed by atoms with Gasteiger partial charge in [0.1, 0.15) is 0 Å². The molecule has 1 heterocycles. The van der Waals surface area contributed by atoms with Gasteiger partial charge in [0.05, 0.1) is 6.04 Å². The van der Waals surface area contributed by atoms with E-state index in [9.17, 15) is 4.79 Å². The van der Waals surface area contributed by atoms with Crippen LogP contribution < -0.4 is 11.1 Å². The molecule has 1 atom stereocenters. The third kappa shape index (κ3) is 3.35. The van der Waals surface area contributed by atoms with Gasteiger partial charge in [0, 0.05) is 11.5 Å². The van der Waals surface area contributed by atoms with E-state index in [1.54, 1.807) is 0 Å². The van der Waals surface area contributed by atoms with Crippen LogP contribution in [-0.2, 0) is 4.79 Å². The second kappa shape index (κ2) is 4.97. The van der Waals surface area contributed by atoms with Crippen molar-refractivity contribution in [1.82, 2.24) is 14.8 Å². The van der Waals surface area contributed by atoms with Crippen LogP contribution in [-0.4, -0.2) is 26.7 Å². The number of carbonyl (C=O) groups is 1. The average molecular weight is 215 g/mol. The Morgan fingerprint density at radius 1 is 1.64 bits per heavy atom. The van der Waals surface area contributed by atoms with Crippen molar-refractivity contribution < 1.29 is 4.79 Å². The first-order chi connectivity index (χ1) is 6.59. The molecule has 0 saturated heterocycles. The molecule has 1 rings (SSSR count). The van der Waals surface area contributed by atoms with Crippen molar-refractivity contribution in [3.05, 3.63) is 0 Å². The van der Waals surface area contributed by atoms with Crippen LogP contribution in [0.1, 0.15) is 20.3 Å². The first kappa shape index (κ1) is 11.0. The number of carbonyl (C=O) groups excluding carboxylic acids is 1. The van der Waals surface area contributed by atoms with Crippen molar-refractivity contribution in [2.45, 2.75) is 26.3 Å². The van der Waals surface area contributed by atoms with E-state index in [2.05, 4.69) is 20.1 Å². The summed E-state index contributed by atoms with van der Waals surface area (Å²) in [6.07, 6.45) is 0.651. The lowest BCUT2D eigenvalue weighted by Gasteiger charge is -2.12. The zero-order valence-electron chi connectivity index (χ0n) is 8.10. The molecule has 0 saturated carbocycles. The van der Waals surface area contributed by atoms with Crippen molar-refractivity contribution >= 4 is 22.6 Å². The van der Waals surface area contributed by atoms with Crippen LogP contribution in [0.5, 0.6) is 0 Å². The van der Waals surface area contributed by atoms with Crippen LogP contribution >= 0.6 is 11.5 Å². The molecule has 3 N–H and O–H groups in total. The number of anilines is 1. The molecule has 14 heavy (non-hydrogen) atoms. The first-order valence-corrected chi connectivity index (χ1v) is 5.08. The molecular formula is C7H13N5OS. The zero-order chi connectivity index (χ0) is 10.6. The molecule has 78 valence electrons. The van der Waals surface area contributed by atoms with Crippen LogP contribution in [0.2, 0.25) is 0 Å². The van der Waals surface area contributed by atoms with Gasteiger partial charge in [0.25, 0.3) is 0 Å². The Morgan fingerprint density at radius 2 is 2.36 bits per heavy atom. The number of nitrogens with one attached hydrogen (secondary N) is 1. The molecule has 1 aromatic rings. The van der Waals surface area contributed by atoms with Gasteiger partial charge in [-0.25, -0.2) is 0 Å². The largest absolute Gasteiger partial charge is 0.320 e. The lowest BCUT2D eigenvalue weighted by atomic mass is 10.0. The molecule has 6 nitrogen and oxygen atoms in total. The van der Waals surface area contributed by atoms with Gasteiger partial charge >= 0.3 is 0 Å². The molecule has 0 unspecified atom stereocenters. The highest BCUT2D eigenvalue weighted by Gasteiger charge is 2.16. The topological polar surface area (TPSA) is 93.8 Å². The van der Waals surface area contributed by atoms with E-state index in [4.69, 9.17) is 5.73 Å². The van der Waals surface area contributed by atoms with E-state index < -0.39 is 6.04 Å². The molecule has 0 bridgehead atoms. The summed E-state index contributed by atoms with van der Waals surface area (Å²) in [7, 11) is 0. The molecule has 0 aliphatic rings. The van der Waals surface area contributed by atoms with E-state index >= 15 is 0 Å². The van der Waals surface area contributed by atoms with E-state index in [0.29, 0.717) is 17.5 Å². The van der Waals surface area contributed by atoms with Crippen molar-refractivity contribution in [3.8, 4) is 0 Å². The van der Waals surface area contributed by atoms with Crippen LogP contribution in [0.25, 0.3) is 0 Å². The predicted molar refractivity (Wildman–Crippen MR) is 53.8 cm³/mol. The maximum absolute atomic E-state index is 11.4. The molecule has 0 aliphatic carbocycles. The Kier molecular flexibility index (Phi) is 3.90. The van der Waals surface area contributed by atoms with Crippen molar-refractivity contribution in [1.29, 1.82) is 0 Å². The summed E-state index contributed by atoms with van der Waals surface area (Å²) in [6, 6.07) is -0.501. The number of aromatic nitrogens is 3. The zero-order valence-corrected chi connectivity index (χ0v) is 8.91. The normalized spacial score (nSPS) is 12.9. The fraction of sp³-hybridized carbons (Fsp3) is 0.714. The number of hydrogen-bond acceptors (Lipinski definition) is 6. The molecule has 0 fully saturated rings. The Hall–Kier alpha value is -1.08. The summed E-state index contributed by atoms with van der Waals surface area (Å²) in [6.45, 7) is 4.03. The van der Waals surface area contributed by atoms with Crippen LogP contribution in [0.4, 0.5) is 5.13 Å². The Morgan fingerprint density at radius 3 is 2.86 bits per heavy atom. The van der Waals surface area contributed by atoms with E-state index in [-0.39, 0.29) is 5.91 Å². The molecular weight excluding hydrogens is 202 g/mol. The number of amides is 1. The second-order valence-electron chi connectivity index (χ2n) is 3.39. The van der Waals surface area contributed by atoms with Crippen molar-refractivity contribution in [2.24, 2.45) is 11.7 Å². The summed E-state index contributed by atoms with van der Waals surface area (Å²) in [4.78, 5) is 11.4. The van der Waals surface area contributed by atoms with Gasteiger partial charge in [0.2, 0.25) is 11.0 Å². The Bertz CT molecular complexity index is 286. The molecule has 1 aromatic heterocycles. The third-order valence-electron chi connectivity index (χ3n) is 1.59. The van der Waals surface area contributed by atoms with E-state index in [1.165, 1.54) is 0 Å². The smallest absolute Gasteiger partial charge is 0.243 e. The van der Waals surface area contributed by atoms with Gasteiger partial charge in [0.15, 0.2) is 0 Å². The molecule has 1 amide bonds. The standard InChI is InChI=1S/C7H13N5OS/c1-4(2)3-5(8)6(13)9-7-10-11-12-14-7/h4-5H,3,8H2,1-2H3,(H,9,10,12,13)/t5-/m0/s1. The van der Waals surface area contributed by atoms with E-state index in [0.717, 1.165) is 11.5 Å². The molecule has 7 heteroatoms. The SMILES string of the molecule is CC(C)C[C@H](N)C(=O)Nc1nnns1. The maximum Gasteiger partial charge on any atom is 0.243 e. The quantitative estimate of drug-likeness (QED) is 0.750. The summed E-state index contributed by atoms with van der Waals surface area (Å²) >= 11 is 1.03. The van der Waals surface area contributed by atoms with Crippen molar-refractivity contribution in [3.63, 3.8) is 0 Å². The van der Waals surface area contributed by atoms with Crippen LogP contribution in [0.3, 0.4) is 0 Å². The summed E-state index contributed by atoms with van der Waals surface area (Å²) in [5.74, 6) is 0.153. The number of rotatable bonds is 4. The lowest BCUT2D eigenvalue weighted by Crippen LogP contribution is -2.36. The fourth-order valence-electron chi connectivity index (χ4n) is 0.995. The highest BCUT2D eigenvalue weighted by Crippen LogP contribution is 2.08. The molecule has 0 spiro atoms. The van der Waals surface area contributed by atoms with Gasteiger partial charge in [-0.05, 0) is 17.6 Å². The number of nitrogens with zero attached hydrogens (tertiary/aromatic N) is 3. The third-order valence-corrected chi connectivity index (χ3v) is 2.10. The minimum absolute atomic E-state index is 0.239. The minimum Gasteiger partial charge on any atom is -0.320 e. The van der Waals surface area contributed by atoms with Gasteiger partial charge < -0.3 is 5.73 Å². The van der Waals surface area contributed by atoms with Gasteiger partial charge in [-0.3, -0.25) is 10.1 Å². The Labute approximate surface area is 86.0 Å². The summed E-state index contributed by atoms with van der Waals surface area (Å²) in [5, 5.41) is 9.88. The maximum atomic E-state index is 11.4. The number of nitrogens with two attached hydrogens (primary N) is 1. The van der Waals surface area contributed by atoms with Crippen LogP contribution in [0.15, 0.2) is 0 Å². The lowest BCUT2D eigenvalue weighted by molar-refractivity contribution is -0.117. The van der Waals surface area contributed by atoms with Gasteiger partial charge in [-0.15, -0.1) is 0 Å². The van der Waals surface area contributed by atoms with Crippen molar-refractivity contribution in [2.75, 3.05) is 5.32 Å². The second-order valence-corrected chi connectivity index (χ2v) is 4.13. The fourth-order valence-corrected chi connectivity index (χ4v) is 1.36. The first-order valence-electron chi connectivity index (χ1n) is 4.31.